The number of ether oxygens (including phenoxy) is 1. The first-order chi connectivity index (χ1) is 11.6. The van der Waals surface area contributed by atoms with Gasteiger partial charge in [0.15, 0.2) is 12.4 Å². The summed E-state index contributed by atoms with van der Waals surface area (Å²) in [6.07, 6.45) is 4.58. The molecule has 0 aromatic heterocycles. The Labute approximate surface area is 141 Å². The van der Waals surface area contributed by atoms with Gasteiger partial charge in [-0.15, -0.1) is 0 Å². The summed E-state index contributed by atoms with van der Waals surface area (Å²) in [6.45, 7) is 2.35. The van der Waals surface area contributed by atoms with Gasteiger partial charge in [-0.2, -0.15) is 0 Å². The van der Waals surface area contributed by atoms with Crippen LogP contribution in [0.4, 0.5) is 5.69 Å². The highest BCUT2D eigenvalue weighted by molar-refractivity contribution is 5.78. The SMILES string of the molecule is O=C(COc1ccccc1[N+](=O)[O-])N1CCC(NCC2CC2)CC1. The van der Waals surface area contributed by atoms with Crippen LogP contribution in [-0.2, 0) is 4.79 Å². The number of nitro groups is 1. The molecular weight excluding hydrogens is 310 g/mol. The predicted molar refractivity (Wildman–Crippen MR) is 88.9 cm³/mol. The lowest BCUT2D eigenvalue weighted by atomic mass is 10.0. The largest absolute Gasteiger partial charge is 0.477 e. The molecule has 7 heteroatoms. The van der Waals surface area contributed by atoms with Crippen molar-refractivity contribution in [1.29, 1.82) is 0 Å². The van der Waals surface area contributed by atoms with E-state index >= 15 is 0 Å². The molecule has 0 unspecified atom stereocenters. The topological polar surface area (TPSA) is 84.7 Å². The zero-order valence-corrected chi connectivity index (χ0v) is 13.6. The van der Waals surface area contributed by atoms with Crippen LogP contribution in [0.3, 0.4) is 0 Å². The highest BCUT2D eigenvalue weighted by Gasteiger charge is 2.26. The van der Waals surface area contributed by atoms with E-state index in [1.165, 1.54) is 25.0 Å². The minimum Gasteiger partial charge on any atom is -0.477 e. The Bertz CT molecular complexity index is 595. The van der Waals surface area contributed by atoms with E-state index in [1.54, 1.807) is 17.0 Å². The third kappa shape index (κ3) is 4.44. The van der Waals surface area contributed by atoms with Crippen LogP contribution >= 0.6 is 0 Å². The third-order valence-electron chi connectivity index (χ3n) is 4.65. The lowest BCUT2D eigenvalue weighted by Crippen LogP contribution is -2.46. The Kier molecular flexibility index (Phi) is 5.30. The number of amides is 1. The molecule has 2 aliphatic rings. The number of carbonyl (C=O) groups is 1. The zero-order valence-electron chi connectivity index (χ0n) is 13.6. The predicted octanol–water partition coefficient (Wildman–Crippen LogP) is 1.96. The molecule has 2 fully saturated rings. The van der Waals surface area contributed by atoms with Crippen molar-refractivity contribution in [3.05, 3.63) is 34.4 Å². The number of hydrogen-bond donors (Lipinski definition) is 1. The van der Waals surface area contributed by atoms with Gasteiger partial charge in [-0.1, -0.05) is 12.1 Å². The number of rotatable bonds is 7. The van der Waals surface area contributed by atoms with Gasteiger partial charge in [0.2, 0.25) is 0 Å². The number of para-hydroxylation sites is 2. The smallest absolute Gasteiger partial charge is 0.310 e. The molecule has 1 saturated carbocycles. The maximum absolute atomic E-state index is 12.2. The quantitative estimate of drug-likeness (QED) is 0.609. The maximum Gasteiger partial charge on any atom is 0.310 e. The molecular formula is C17H23N3O4. The number of nitro benzene ring substituents is 1. The van der Waals surface area contributed by atoms with Crippen LogP contribution in [0.15, 0.2) is 24.3 Å². The number of carbonyl (C=O) groups excluding carboxylic acids is 1. The van der Waals surface area contributed by atoms with Gasteiger partial charge < -0.3 is 15.0 Å². The van der Waals surface area contributed by atoms with Crippen LogP contribution in [0.2, 0.25) is 0 Å². The zero-order chi connectivity index (χ0) is 16.9. The van der Waals surface area contributed by atoms with E-state index in [0.29, 0.717) is 19.1 Å². The molecule has 0 atom stereocenters. The number of nitrogens with zero attached hydrogens (tertiary/aromatic N) is 2. The van der Waals surface area contributed by atoms with Crippen molar-refractivity contribution >= 4 is 11.6 Å². The summed E-state index contributed by atoms with van der Waals surface area (Å²) in [5.41, 5.74) is -0.117. The van der Waals surface area contributed by atoms with Crippen LogP contribution in [0, 0.1) is 16.0 Å². The van der Waals surface area contributed by atoms with Gasteiger partial charge in [0.05, 0.1) is 4.92 Å². The summed E-state index contributed by atoms with van der Waals surface area (Å²) in [4.78, 5) is 24.5. The first-order valence-electron chi connectivity index (χ1n) is 8.51. The molecule has 1 aromatic rings. The van der Waals surface area contributed by atoms with Gasteiger partial charge in [-0.05, 0) is 44.2 Å². The van der Waals surface area contributed by atoms with Gasteiger partial charge in [0, 0.05) is 25.2 Å². The number of likely N-dealkylation sites (tertiary alicyclic amines) is 1. The molecule has 3 rings (SSSR count). The van der Waals surface area contributed by atoms with Crippen molar-refractivity contribution in [3.63, 3.8) is 0 Å². The van der Waals surface area contributed by atoms with Crippen LogP contribution in [0.1, 0.15) is 25.7 Å². The number of piperidine rings is 1. The maximum atomic E-state index is 12.2. The van der Waals surface area contributed by atoms with Crippen LogP contribution in [0.5, 0.6) is 5.75 Å². The van der Waals surface area contributed by atoms with Gasteiger partial charge in [0.25, 0.3) is 5.91 Å². The average Bonchev–Trinajstić information content (AvgIpc) is 3.43. The number of nitrogens with one attached hydrogen (secondary N) is 1. The number of hydrogen-bond acceptors (Lipinski definition) is 5. The van der Waals surface area contributed by atoms with Crippen molar-refractivity contribution in [2.45, 2.75) is 31.7 Å². The van der Waals surface area contributed by atoms with E-state index in [9.17, 15) is 14.9 Å². The molecule has 0 radical (unpaired) electrons. The molecule has 130 valence electrons. The second kappa shape index (κ2) is 7.61. The lowest BCUT2D eigenvalue weighted by Gasteiger charge is -2.32. The third-order valence-corrected chi connectivity index (χ3v) is 4.65. The molecule has 7 nitrogen and oxygen atoms in total. The Hall–Kier alpha value is -2.15. The van der Waals surface area contributed by atoms with Crippen LogP contribution < -0.4 is 10.1 Å². The van der Waals surface area contributed by atoms with Crippen LogP contribution in [0.25, 0.3) is 0 Å². The van der Waals surface area contributed by atoms with Gasteiger partial charge in [0.1, 0.15) is 0 Å². The summed E-state index contributed by atoms with van der Waals surface area (Å²) >= 11 is 0. The highest BCUT2D eigenvalue weighted by Crippen LogP contribution is 2.28. The molecule has 0 spiro atoms. The Morgan fingerprint density at radius 2 is 1.96 bits per heavy atom. The van der Waals surface area contributed by atoms with Gasteiger partial charge in [-0.3, -0.25) is 14.9 Å². The minimum absolute atomic E-state index is 0.117. The van der Waals surface area contributed by atoms with Crippen LogP contribution in [-0.4, -0.2) is 48.0 Å². The highest BCUT2D eigenvalue weighted by atomic mass is 16.6. The van der Waals surface area contributed by atoms with E-state index in [4.69, 9.17) is 4.74 Å². The molecule has 1 saturated heterocycles. The van der Waals surface area contributed by atoms with E-state index in [2.05, 4.69) is 5.32 Å². The van der Waals surface area contributed by atoms with E-state index in [-0.39, 0.29) is 24.0 Å². The minimum atomic E-state index is -0.503. The van der Waals surface area contributed by atoms with Crippen molar-refractivity contribution in [1.82, 2.24) is 10.2 Å². The Balaban J connectivity index is 1.43. The molecule has 1 aromatic carbocycles. The summed E-state index contributed by atoms with van der Waals surface area (Å²) in [7, 11) is 0. The molecule has 1 heterocycles. The Morgan fingerprint density at radius 3 is 2.62 bits per heavy atom. The molecule has 0 bridgehead atoms. The molecule has 24 heavy (non-hydrogen) atoms. The fourth-order valence-electron chi connectivity index (χ4n) is 2.95. The molecule has 1 N–H and O–H groups in total. The summed E-state index contributed by atoms with van der Waals surface area (Å²) in [5.74, 6) is 0.880. The molecule has 1 aliphatic carbocycles. The molecule has 1 amide bonds. The van der Waals surface area contributed by atoms with E-state index < -0.39 is 4.92 Å². The molecule has 1 aliphatic heterocycles. The lowest BCUT2D eigenvalue weighted by molar-refractivity contribution is -0.385. The van der Waals surface area contributed by atoms with Crippen molar-refractivity contribution < 1.29 is 14.5 Å². The summed E-state index contributed by atoms with van der Waals surface area (Å²) in [6, 6.07) is 6.61. The van der Waals surface area contributed by atoms with Crippen molar-refractivity contribution in [2.24, 2.45) is 5.92 Å². The van der Waals surface area contributed by atoms with Gasteiger partial charge in [-0.25, -0.2) is 0 Å². The second-order valence-electron chi connectivity index (χ2n) is 6.52. The van der Waals surface area contributed by atoms with Crippen molar-refractivity contribution in [2.75, 3.05) is 26.2 Å². The normalized spacial score (nSPS) is 18.4. The fraction of sp³-hybridized carbons (Fsp3) is 0.588. The number of benzene rings is 1. The van der Waals surface area contributed by atoms with E-state index in [0.717, 1.165) is 25.3 Å². The summed E-state index contributed by atoms with van der Waals surface area (Å²) < 4.78 is 5.38. The fourth-order valence-corrected chi connectivity index (χ4v) is 2.95. The monoisotopic (exact) mass is 333 g/mol. The standard InChI is InChI=1S/C17H23N3O4/c21-17(12-24-16-4-2-1-3-15(16)20(22)23)19-9-7-14(8-10-19)18-11-13-5-6-13/h1-4,13-14,18H,5-12H2. The Morgan fingerprint density at radius 1 is 1.25 bits per heavy atom. The second-order valence-corrected chi connectivity index (χ2v) is 6.52. The van der Waals surface area contributed by atoms with E-state index in [1.807, 2.05) is 0 Å². The first kappa shape index (κ1) is 16.7. The van der Waals surface area contributed by atoms with Gasteiger partial charge >= 0.3 is 5.69 Å². The average molecular weight is 333 g/mol. The summed E-state index contributed by atoms with van der Waals surface area (Å²) in [5, 5.41) is 14.5. The van der Waals surface area contributed by atoms with Crippen molar-refractivity contribution in [3.8, 4) is 5.75 Å². The first-order valence-corrected chi connectivity index (χ1v) is 8.51.